The number of nitrogens with zero attached hydrogens (tertiary/aromatic N) is 1. The van der Waals surface area contributed by atoms with Crippen LogP contribution in [0.4, 0.5) is 0 Å². The molecule has 0 aromatic carbocycles. The Morgan fingerprint density at radius 1 is 1.47 bits per heavy atom. The number of hydrogen-bond acceptors (Lipinski definition) is 4. The van der Waals surface area contributed by atoms with Crippen LogP contribution in [0.3, 0.4) is 0 Å². The van der Waals surface area contributed by atoms with Gasteiger partial charge in [0.2, 0.25) is 0 Å². The molecule has 1 aliphatic rings. The molecule has 0 bridgehead atoms. The fourth-order valence-corrected chi connectivity index (χ4v) is 3.34. The summed E-state index contributed by atoms with van der Waals surface area (Å²) in [6, 6.07) is 1.35. The molecule has 0 saturated heterocycles. The lowest BCUT2D eigenvalue weighted by atomic mass is 9.89. The third-order valence-electron chi connectivity index (χ3n) is 2.93. The maximum absolute atomic E-state index is 11.1. The topological polar surface area (TPSA) is 83.0 Å². The molecule has 2 atom stereocenters. The molecule has 0 aliphatic heterocycles. The number of thioether (sulfide) groups is 1. The first-order valence-electron chi connectivity index (χ1n) is 5.61. The first-order chi connectivity index (χ1) is 8.16. The summed E-state index contributed by atoms with van der Waals surface area (Å²) >= 11 is 1.37. The Bertz CT molecular complexity index is 460. The van der Waals surface area contributed by atoms with E-state index < -0.39 is 5.97 Å². The fourth-order valence-electron chi connectivity index (χ4n) is 2.08. The summed E-state index contributed by atoms with van der Waals surface area (Å²) in [5.74, 6) is -1.08. The van der Waals surface area contributed by atoms with Crippen LogP contribution in [0.2, 0.25) is 0 Å². The Kier molecular flexibility index (Phi) is 3.83. The highest BCUT2D eigenvalue weighted by Crippen LogP contribution is 2.35. The molecule has 17 heavy (non-hydrogen) atoms. The summed E-state index contributed by atoms with van der Waals surface area (Å²) in [7, 11) is 0. The zero-order valence-corrected chi connectivity index (χ0v) is 10.1. The van der Waals surface area contributed by atoms with E-state index >= 15 is 0 Å². The van der Waals surface area contributed by atoms with Gasteiger partial charge in [0.1, 0.15) is 0 Å². The standard InChI is InChI=1S/C11H14N2O3S/c14-9-5-6-12-11(13-9)17-8-4-2-1-3-7(8)10(15)16/h5-8H,1-4H2,(H,15,16)(H,12,13,14). The summed E-state index contributed by atoms with van der Waals surface area (Å²) in [5, 5.41) is 9.65. The normalized spacial score (nSPS) is 24.5. The summed E-state index contributed by atoms with van der Waals surface area (Å²) in [6.07, 6.45) is 5.02. The van der Waals surface area contributed by atoms with Crippen LogP contribution in [0.15, 0.2) is 22.2 Å². The van der Waals surface area contributed by atoms with Gasteiger partial charge in [-0.3, -0.25) is 9.59 Å². The lowest BCUT2D eigenvalue weighted by Gasteiger charge is -2.27. The SMILES string of the molecule is O=C(O)C1CCCCC1Sc1nccc(=O)[nH]1. The first kappa shape index (κ1) is 12.2. The van der Waals surface area contributed by atoms with Crippen LogP contribution in [0.5, 0.6) is 0 Å². The van der Waals surface area contributed by atoms with E-state index in [0.717, 1.165) is 19.3 Å². The quantitative estimate of drug-likeness (QED) is 0.799. The molecule has 2 N–H and O–H groups in total. The molecular weight excluding hydrogens is 240 g/mol. The van der Waals surface area contributed by atoms with Crippen molar-refractivity contribution in [1.29, 1.82) is 0 Å². The average Bonchev–Trinajstić information content (AvgIpc) is 2.29. The number of aromatic amines is 1. The highest BCUT2D eigenvalue weighted by atomic mass is 32.2. The van der Waals surface area contributed by atoms with E-state index in [1.165, 1.54) is 24.0 Å². The van der Waals surface area contributed by atoms with Gasteiger partial charge in [0, 0.05) is 17.5 Å². The number of H-pyrrole nitrogens is 1. The molecule has 1 heterocycles. The summed E-state index contributed by atoms with van der Waals surface area (Å²) < 4.78 is 0. The number of rotatable bonds is 3. The smallest absolute Gasteiger partial charge is 0.307 e. The molecule has 1 aromatic rings. The number of carboxylic acid groups (broad SMARTS) is 1. The number of carboxylic acids is 1. The minimum atomic E-state index is -0.750. The molecule has 2 rings (SSSR count). The molecule has 0 amide bonds. The van der Waals surface area contributed by atoms with E-state index in [4.69, 9.17) is 5.11 Å². The molecule has 1 fully saturated rings. The predicted octanol–water partition coefficient (Wildman–Crippen LogP) is 1.51. The molecule has 6 heteroatoms. The summed E-state index contributed by atoms with van der Waals surface area (Å²) in [5.41, 5.74) is -0.204. The minimum absolute atomic E-state index is 0.00630. The molecular formula is C11H14N2O3S. The monoisotopic (exact) mass is 254 g/mol. The largest absolute Gasteiger partial charge is 0.481 e. The lowest BCUT2D eigenvalue weighted by Crippen LogP contribution is -2.29. The average molecular weight is 254 g/mol. The van der Waals surface area contributed by atoms with Crippen molar-refractivity contribution in [2.45, 2.75) is 36.1 Å². The van der Waals surface area contributed by atoms with Crippen molar-refractivity contribution < 1.29 is 9.90 Å². The fraction of sp³-hybridized carbons (Fsp3) is 0.545. The molecule has 0 spiro atoms. The van der Waals surface area contributed by atoms with Crippen LogP contribution in [0.1, 0.15) is 25.7 Å². The van der Waals surface area contributed by atoms with E-state index in [2.05, 4.69) is 9.97 Å². The Hall–Kier alpha value is -1.30. The first-order valence-corrected chi connectivity index (χ1v) is 6.49. The van der Waals surface area contributed by atoms with Gasteiger partial charge < -0.3 is 10.1 Å². The molecule has 1 aliphatic carbocycles. The van der Waals surface area contributed by atoms with Gasteiger partial charge in [-0.15, -0.1) is 0 Å². The molecule has 92 valence electrons. The molecule has 1 aromatic heterocycles. The van der Waals surface area contributed by atoms with Crippen molar-refractivity contribution in [3.05, 3.63) is 22.6 Å². The molecule has 0 radical (unpaired) electrons. The van der Waals surface area contributed by atoms with Crippen molar-refractivity contribution in [2.75, 3.05) is 0 Å². The second kappa shape index (κ2) is 5.35. The van der Waals surface area contributed by atoms with Crippen molar-refractivity contribution in [3.63, 3.8) is 0 Å². The molecule has 1 saturated carbocycles. The number of aliphatic carboxylic acids is 1. The van der Waals surface area contributed by atoms with Crippen LogP contribution >= 0.6 is 11.8 Å². The third-order valence-corrected chi connectivity index (χ3v) is 4.23. The number of aromatic nitrogens is 2. The van der Waals surface area contributed by atoms with Crippen LogP contribution in [0.25, 0.3) is 0 Å². The number of nitrogens with one attached hydrogen (secondary N) is 1. The van der Waals surface area contributed by atoms with Crippen molar-refractivity contribution in [3.8, 4) is 0 Å². The Morgan fingerprint density at radius 2 is 2.24 bits per heavy atom. The highest BCUT2D eigenvalue weighted by molar-refractivity contribution is 7.99. The van der Waals surface area contributed by atoms with Gasteiger partial charge >= 0.3 is 5.97 Å². The van der Waals surface area contributed by atoms with Crippen LogP contribution in [0, 0.1) is 5.92 Å². The van der Waals surface area contributed by atoms with Gasteiger partial charge in [0.25, 0.3) is 5.56 Å². The zero-order valence-electron chi connectivity index (χ0n) is 9.26. The van der Waals surface area contributed by atoms with Crippen molar-refractivity contribution in [2.24, 2.45) is 5.92 Å². The Morgan fingerprint density at radius 3 is 2.94 bits per heavy atom. The second-order valence-corrected chi connectivity index (χ2v) is 5.35. The summed E-state index contributed by atoms with van der Waals surface area (Å²) in [6.45, 7) is 0. The predicted molar refractivity (Wildman–Crippen MR) is 64.1 cm³/mol. The summed E-state index contributed by atoms with van der Waals surface area (Å²) in [4.78, 5) is 28.9. The highest BCUT2D eigenvalue weighted by Gasteiger charge is 2.31. The van der Waals surface area contributed by atoms with E-state index in [-0.39, 0.29) is 16.7 Å². The van der Waals surface area contributed by atoms with Crippen molar-refractivity contribution in [1.82, 2.24) is 9.97 Å². The zero-order chi connectivity index (χ0) is 12.3. The van der Waals surface area contributed by atoms with Crippen LogP contribution in [-0.4, -0.2) is 26.3 Å². The van der Waals surface area contributed by atoms with Crippen molar-refractivity contribution >= 4 is 17.7 Å². The van der Waals surface area contributed by atoms with Gasteiger partial charge in [-0.2, -0.15) is 0 Å². The molecule has 5 nitrogen and oxygen atoms in total. The minimum Gasteiger partial charge on any atom is -0.481 e. The Labute approximate surface area is 103 Å². The second-order valence-electron chi connectivity index (χ2n) is 4.12. The van der Waals surface area contributed by atoms with Gasteiger partial charge in [-0.05, 0) is 12.8 Å². The van der Waals surface area contributed by atoms with Crippen LogP contribution in [-0.2, 0) is 4.79 Å². The Balaban J connectivity index is 2.10. The van der Waals surface area contributed by atoms with Gasteiger partial charge in [0.05, 0.1) is 5.92 Å². The maximum Gasteiger partial charge on any atom is 0.307 e. The lowest BCUT2D eigenvalue weighted by molar-refractivity contribution is -0.142. The van der Waals surface area contributed by atoms with Crippen LogP contribution < -0.4 is 5.56 Å². The van der Waals surface area contributed by atoms with Gasteiger partial charge in [0.15, 0.2) is 5.16 Å². The number of hydrogen-bond donors (Lipinski definition) is 2. The van der Waals surface area contributed by atoms with E-state index in [9.17, 15) is 9.59 Å². The third kappa shape index (κ3) is 3.09. The number of carbonyl (C=O) groups is 1. The van der Waals surface area contributed by atoms with E-state index in [1.54, 1.807) is 0 Å². The van der Waals surface area contributed by atoms with E-state index in [0.29, 0.717) is 11.6 Å². The molecule has 2 unspecified atom stereocenters. The maximum atomic E-state index is 11.1. The van der Waals surface area contributed by atoms with Gasteiger partial charge in [-0.1, -0.05) is 24.6 Å². The van der Waals surface area contributed by atoms with Gasteiger partial charge in [-0.25, -0.2) is 4.98 Å². The van der Waals surface area contributed by atoms with E-state index in [1.807, 2.05) is 0 Å².